The molecule has 15 heteroatoms. The van der Waals surface area contributed by atoms with Crippen LogP contribution in [0.2, 0.25) is 0 Å². The molecule has 0 spiro atoms. The molecular formula is C28H28FN5O8S. The maximum absolute atomic E-state index is 15.1. The van der Waals surface area contributed by atoms with Crippen LogP contribution in [0.1, 0.15) is 43.0 Å². The van der Waals surface area contributed by atoms with Gasteiger partial charge < -0.3 is 30.5 Å². The van der Waals surface area contributed by atoms with E-state index in [0.29, 0.717) is 17.1 Å². The van der Waals surface area contributed by atoms with E-state index in [9.17, 15) is 29.1 Å². The van der Waals surface area contributed by atoms with Crippen LogP contribution in [0.25, 0.3) is 22.0 Å². The van der Waals surface area contributed by atoms with Crippen molar-refractivity contribution >= 4 is 47.4 Å². The normalized spacial score (nSPS) is 14.0. The van der Waals surface area contributed by atoms with Crippen molar-refractivity contribution in [2.45, 2.75) is 44.7 Å². The predicted octanol–water partition coefficient (Wildman–Crippen LogP) is 3.33. The van der Waals surface area contributed by atoms with Gasteiger partial charge in [-0.05, 0) is 74.1 Å². The van der Waals surface area contributed by atoms with Crippen LogP contribution < -0.4 is 20.3 Å². The van der Waals surface area contributed by atoms with Crippen LogP contribution >= 0.6 is 11.5 Å². The number of carbonyl (C=O) groups is 5. The molecule has 4 rings (SSSR count). The summed E-state index contributed by atoms with van der Waals surface area (Å²) in [5, 5.41) is 22.5. The molecule has 1 fully saturated rings. The molecule has 0 unspecified atom stereocenters. The Balaban J connectivity index is 1.41. The lowest BCUT2D eigenvalue weighted by Gasteiger charge is -2.18. The number of aldehydes is 1. The zero-order valence-electron chi connectivity index (χ0n) is 22.9. The number of halogens is 1. The van der Waals surface area contributed by atoms with Gasteiger partial charge in [0.15, 0.2) is 23.7 Å². The third-order valence-corrected chi connectivity index (χ3v) is 7.42. The number of carboxylic acids is 2. The van der Waals surface area contributed by atoms with Crippen LogP contribution in [-0.2, 0) is 14.4 Å². The van der Waals surface area contributed by atoms with E-state index in [1.54, 1.807) is 0 Å². The van der Waals surface area contributed by atoms with E-state index in [-0.39, 0.29) is 17.5 Å². The highest BCUT2D eigenvalue weighted by atomic mass is 32.1. The zero-order valence-corrected chi connectivity index (χ0v) is 23.7. The van der Waals surface area contributed by atoms with Gasteiger partial charge in [-0.15, -0.1) is 0 Å². The summed E-state index contributed by atoms with van der Waals surface area (Å²) in [7, 11) is 0. The highest BCUT2D eigenvalue weighted by Gasteiger charge is 2.26. The number of nitrogens with one attached hydrogen (secondary N) is 2. The highest BCUT2D eigenvalue weighted by molar-refractivity contribution is 7.09. The molecule has 2 atom stereocenters. The van der Waals surface area contributed by atoms with Gasteiger partial charge >= 0.3 is 18.0 Å². The van der Waals surface area contributed by atoms with Crippen molar-refractivity contribution in [3.05, 3.63) is 47.8 Å². The minimum atomic E-state index is -1.51. The van der Waals surface area contributed by atoms with Crippen LogP contribution in [0, 0.1) is 5.82 Å². The minimum Gasteiger partial charge on any atom is -0.481 e. The molecule has 0 aliphatic carbocycles. The quantitative estimate of drug-likeness (QED) is 0.219. The average molecular weight is 614 g/mol. The Morgan fingerprint density at radius 2 is 1.79 bits per heavy atom. The monoisotopic (exact) mass is 613 g/mol. The van der Waals surface area contributed by atoms with E-state index in [1.165, 1.54) is 13.0 Å². The number of carbonyl (C=O) groups excluding carboxylic acids is 3. The van der Waals surface area contributed by atoms with Crippen LogP contribution in [0.15, 0.2) is 36.4 Å². The molecule has 43 heavy (non-hydrogen) atoms. The molecule has 4 N–H and O–H groups in total. The molecule has 2 aromatic carbocycles. The van der Waals surface area contributed by atoms with Crippen molar-refractivity contribution in [1.82, 2.24) is 20.0 Å². The number of rotatable bonds is 12. The smallest absolute Gasteiger partial charge is 0.413 e. The Kier molecular flexibility index (Phi) is 9.98. The molecule has 0 radical (unpaired) electrons. The summed E-state index contributed by atoms with van der Waals surface area (Å²) in [6.07, 6.45) is 0.449. The van der Waals surface area contributed by atoms with Gasteiger partial charge in [0.1, 0.15) is 17.1 Å². The lowest BCUT2D eigenvalue weighted by atomic mass is 10.1. The van der Waals surface area contributed by atoms with Crippen LogP contribution in [-0.4, -0.2) is 75.0 Å². The first-order chi connectivity index (χ1) is 20.5. The fourth-order valence-corrected chi connectivity index (χ4v) is 5.04. The van der Waals surface area contributed by atoms with Crippen molar-refractivity contribution in [3.8, 4) is 27.7 Å². The van der Waals surface area contributed by atoms with Crippen LogP contribution in [0.5, 0.6) is 5.75 Å². The summed E-state index contributed by atoms with van der Waals surface area (Å²) < 4.78 is 24.4. The van der Waals surface area contributed by atoms with Gasteiger partial charge in [-0.2, -0.15) is 4.37 Å². The number of hydrogen-bond donors (Lipinski definition) is 4. The maximum Gasteiger partial charge on any atom is 0.413 e. The Hall–Kier alpha value is -4.92. The van der Waals surface area contributed by atoms with Gasteiger partial charge in [0.25, 0.3) is 0 Å². The first kappa shape index (κ1) is 31.0. The van der Waals surface area contributed by atoms with E-state index in [4.69, 9.17) is 9.84 Å². The van der Waals surface area contributed by atoms with Crippen molar-refractivity contribution in [1.29, 1.82) is 0 Å². The number of aromatic nitrogens is 2. The molecule has 2 heterocycles. The molecule has 1 aliphatic rings. The van der Waals surface area contributed by atoms with E-state index in [1.807, 2.05) is 24.3 Å². The van der Waals surface area contributed by atoms with Gasteiger partial charge in [0.05, 0.1) is 5.56 Å². The van der Waals surface area contributed by atoms with Crippen molar-refractivity contribution in [2.24, 2.45) is 0 Å². The molecule has 3 aromatic rings. The summed E-state index contributed by atoms with van der Waals surface area (Å²) in [6, 6.07) is 7.28. The lowest BCUT2D eigenvalue weighted by Crippen LogP contribution is -2.51. The van der Waals surface area contributed by atoms with Crippen LogP contribution in [0.3, 0.4) is 0 Å². The molecule has 1 aliphatic heterocycles. The second-order valence-corrected chi connectivity index (χ2v) is 10.5. The largest absolute Gasteiger partial charge is 0.481 e. The zero-order chi connectivity index (χ0) is 31.1. The van der Waals surface area contributed by atoms with Gasteiger partial charge in [-0.3, -0.25) is 14.4 Å². The van der Waals surface area contributed by atoms with Gasteiger partial charge in [0.2, 0.25) is 5.91 Å². The third kappa shape index (κ3) is 7.88. The van der Waals surface area contributed by atoms with Gasteiger partial charge in [-0.1, -0.05) is 0 Å². The number of hydrogen-bond acceptors (Lipinski definition) is 10. The average Bonchev–Trinajstić information content (AvgIpc) is 3.69. The fraction of sp³-hybridized carbons (Fsp3) is 0.321. The standard InChI is InChI=1S/C28H28FN5O8S/c1-15(25(38)31-21(27(39)40)8-9-22(36)37)30-28(41)42-23-18(14-35)12-17(13-20(23)29)26-32-24(33-43-26)16-4-6-19(7-5-16)34-10-2-3-11-34/h4-7,12-15,21H,2-3,8-11H2,1H3,(H,30,41)(H,31,38)(H,36,37)(H,39,40)/t15-,21-/m0/s1. The summed E-state index contributed by atoms with van der Waals surface area (Å²) in [6.45, 7) is 3.24. The number of benzene rings is 2. The van der Waals surface area contributed by atoms with E-state index in [2.05, 4.69) is 24.9 Å². The summed E-state index contributed by atoms with van der Waals surface area (Å²) in [5.41, 5.74) is 1.82. The van der Waals surface area contributed by atoms with Gasteiger partial charge in [0, 0.05) is 36.3 Å². The number of aliphatic carboxylic acids is 2. The molecule has 0 bridgehead atoms. The molecule has 1 saturated heterocycles. The highest BCUT2D eigenvalue weighted by Crippen LogP contribution is 2.32. The molecule has 0 saturated carbocycles. The Morgan fingerprint density at radius 3 is 2.42 bits per heavy atom. The first-order valence-electron chi connectivity index (χ1n) is 13.3. The topological polar surface area (TPSA) is 188 Å². The first-order valence-corrected chi connectivity index (χ1v) is 14.0. The Morgan fingerprint density at radius 1 is 1.09 bits per heavy atom. The van der Waals surface area contributed by atoms with Gasteiger partial charge in [-0.25, -0.2) is 19.0 Å². The second kappa shape index (κ2) is 13.8. The summed E-state index contributed by atoms with van der Waals surface area (Å²) >= 11 is 1.00. The number of nitrogens with zero attached hydrogens (tertiary/aromatic N) is 3. The third-order valence-electron chi connectivity index (χ3n) is 6.65. The van der Waals surface area contributed by atoms with E-state index >= 15 is 4.39 Å². The molecule has 226 valence electrons. The lowest BCUT2D eigenvalue weighted by molar-refractivity contribution is -0.143. The van der Waals surface area contributed by atoms with Crippen molar-refractivity contribution < 1.29 is 43.3 Å². The van der Waals surface area contributed by atoms with Crippen molar-refractivity contribution in [3.63, 3.8) is 0 Å². The Labute approximate surface area is 248 Å². The molecule has 13 nitrogen and oxygen atoms in total. The number of ether oxygens (including phenoxy) is 1. The summed E-state index contributed by atoms with van der Waals surface area (Å²) in [4.78, 5) is 65.3. The molecular weight excluding hydrogens is 585 g/mol. The van der Waals surface area contributed by atoms with Crippen LogP contribution in [0.4, 0.5) is 14.9 Å². The number of carboxylic acid groups (broad SMARTS) is 2. The fourth-order valence-electron chi connectivity index (χ4n) is 4.37. The molecule has 2 amide bonds. The van der Waals surface area contributed by atoms with E-state index in [0.717, 1.165) is 54.8 Å². The second-order valence-electron chi connectivity index (χ2n) is 9.75. The minimum absolute atomic E-state index is 0.235. The van der Waals surface area contributed by atoms with Crippen molar-refractivity contribution in [2.75, 3.05) is 18.0 Å². The summed E-state index contributed by atoms with van der Waals surface area (Å²) in [5.74, 6) is -4.95. The number of amides is 2. The number of anilines is 1. The molecule has 1 aromatic heterocycles. The predicted molar refractivity (Wildman–Crippen MR) is 153 cm³/mol. The van der Waals surface area contributed by atoms with E-state index < -0.39 is 54.0 Å². The SMILES string of the molecule is C[C@H](NC(=O)Oc1c(F)cc(-c2nc(-c3ccc(N4CCCC4)cc3)ns2)cc1C=O)C(=O)N[C@@H](CCC(=O)O)C(=O)O. The maximum atomic E-state index is 15.1. The Bertz CT molecular complexity index is 1520.